The molecule has 7 nitrogen and oxygen atoms in total. The molecular weight excluding hydrogens is 290 g/mol. The fourth-order valence-corrected chi connectivity index (χ4v) is 3.30. The molecule has 0 saturated carbocycles. The van der Waals surface area contributed by atoms with Crippen LogP contribution in [-0.2, 0) is 4.79 Å². The van der Waals surface area contributed by atoms with Gasteiger partial charge < -0.3 is 21.7 Å². The molecule has 0 radical (unpaired) electrons. The van der Waals surface area contributed by atoms with E-state index in [0.29, 0.717) is 12.1 Å². The van der Waals surface area contributed by atoms with E-state index in [1.54, 1.807) is 0 Å². The van der Waals surface area contributed by atoms with Gasteiger partial charge in [-0.3, -0.25) is 9.59 Å². The van der Waals surface area contributed by atoms with Crippen molar-refractivity contribution < 1.29 is 9.59 Å². The Kier molecular flexibility index (Phi) is 4.66. The van der Waals surface area contributed by atoms with E-state index in [4.69, 9.17) is 11.5 Å². The van der Waals surface area contributed by atoms with Gasteiger partial charge in [0, 0.05) is 19.1 Å². The van der Waals surface area contributed by atoms with Gasteiger partial charge in [-0.1, -0.05) is 0 Å². The first-order chi connectivity index (χ1) is 9.90. The Morgan fingerprint density at radius 3 is 2.81 bits per heavy atom. The third-order valence-corrected chi connectivity index (χ3v) is 4.38. The summed E-state index contributed by atoms with van der Waals surface area (Å²) in [6.45, 7) is 5.06. The second kappa shape index (κ2) is 6.30. The highest BCUT2D eigenvalue weighted by Crippen LogP contribution is 2.33. The topological polar surface area (TPSA) is 114 Å². The van der Waals surface area contributed by atoms with Crippen LogP contribution in [0.2, 0.25) is 0 Å². The zero-order chi connectivity index (χ0) is 15.6. The molecule has 0 aliphatic carbocycles. The Labute approximate surface area is 127 Å². The number of nitrogens with zero attached hydrogens (tertiary/aromatic N) is 2. The first-order valence-corrected chi connectivity index (χ1v) is 7.77. The van der Waals surface area contributed by atoms with E-state index in [9.17, 15) is 9.59 Å². The summed E-state index contributed by atoms with van der Waals surface area (Å²) >= 11 is 1.19. The average Bonchev–Trinajstić information content (AvgIpc) is 2.80. The lowest BCUT2D eigenvalue weighted by atomic mass is 9.97. The standard InChI is InChI=1S/C13H21N5O2S/c1-7(2)16-12(20)9-10(14)17-21-13(9)18-5-3-4-8(6-18)11(15)19/h7-8H,3-6H2,1-2H3,(H2,14,17)(H2,15,19)(H,16,20). The number of nitrogens with one attached hydrogen (secondary N) is 1. The number of carbonyl (C=O) groups excluding carboxylic acids is 2. The van der Waals surface area contributed by atoms with Crippen LogP contribution in [0.15, 0.2) is 0 Å². The molecule has 1 unspecified atom stereocenters. The first kappa shape index (κ1) is 15.6. The summed E-state index contributed by atoms with van der Waals surface area (Å²) in [5.74, 6) is -0.491. The second-order valence-electron chi connectivity index (χ2n) is 5.56. The second-order valence-corrected chi connectivity index (χ2v) is 6.32. The van der Waals surface area contributed by atoms with Gasteiger partial charge in [-0.05, 0) is 38.2 Å². The molecule has 1 aromatic heterocycles. The van der Waals surface area contributed by atoms with Gasteiger partial charge in [0.05, 0.1) is 5.92 Å². The molecule has 1 aromatic rings. The van der Waals surface area contributed by atoms with Crippen LogP contribution in [0.5, 0.6) is 0 Å². The van der Waals surface area contributed by atoms with Gasteiger partial charge >= 0.3 is 0 Å². The van der Waals surface area contributed by atoms with Crippen molar-refractivity contribution in [2.24, 2.45) is 11.7 Å². The molecule has 116 valence electrons. The molecule has 0 aromatic carbocycles. The first-order valence-electron chi connectivity index (χ1n) is 7.00. The number of hydrogen-bond acceptors (Lipinski definition) is 6. The average molecular weight is 311 g/mol. The summed E-state index contributed by atoms with van der Waals surface area (Å²) in [5.41, 5.74) is 11.6. The molecule has 1 aliphatic rings. The number of nitrogen functional groups attached to an aromatic ring is 1. The van der Waals surface area contributed by atoms with E-state index in [2.05, 4.69) is 9.69 Å². The molecule has 21 heavy (non-hydrogen) atoms. The minimum atomic E-state index is -0.301. The Morgan fingerprint density at radius 1 is 1.48 bits per heavy atom. The van der Waals surface area contributed by atoms with Crippen LogP contribution in [0.25, 0.3) is 0 Å². The van der Waals surface area contributed by atoms with Crippen molar-refractivity contribution in [2.75, 3.05) is 23.7 Å². The number of amides is 2. The zero-order valence-electron chi connectivity index (χ0n) is 12.3. The van der Waals surface area contributed by atoms with Gasteiger partial charge in [-0.15, -0.1) is 0 Å². The van der Waals surface area contributed by atoms with Crippen LogP contribution in [0.1, 0.15) is 37.0 Å². The zero-order valence-corrected chi connectivity index (χ0v) is 13.1. The summed E-state index contributed by atoms with van der Waals surface area (Å²) in [4.78, 5) is 25.6. The third-order valence-electron chi connectivity index (χ3n) is 3.46. The van der Waals surface area contributed by atoms with E-state index >= 15 is 0 Å². The Morgan fingerprint density at radius 2 is 2.19 bits per heavy atom. The smallest absolute Gasteiger partial charge is 0.258 e. The van der Waals surface area contributed by atoms with Gasteiger partial charge in [-0.25, -0.2) is 0 Å². The maximum Gasteiger partial charge on any atom is 0.258 e. The Hall–Kier alpha value is -1.83. The lowest BCUT2D eigenvalue weighted by Crippen LogP contribution is -2.42. The molecule has 1 aliphatic heterocycles. The molecule has 1 atom stereocenters. The predicted octanol–water partition coefficient (Wildman–Crippen LogP) is 0.565. The summed E-state index contributed by atoms with van der Waals surface area (Å²) in [6.07, 6.45) is 1.64. The number of nitrogens with two attached hydrogens (primary N) is 2. The van der Waals surface area contributed by atoms with Crippen molar-refractivity contribution in [3.63, 3.8) is 0 Å². The monoisotopic (exact) mass is 311 g/mol. The highest BCUT2D eigenvalue weighted by atomic mass is 32.1. The Balaban J connectivity index is 2.24. The number of hydrogen-bond donors (Lipinski definition) is 3. The van der Waals surface area contributed by atoms with Crippen LogP contribution in [0.4, 0.5) is 10.8 Å². The lowest BCUT2D eigenvalue weighted by Gasteiger charge is -2.32. The maximum absolute atomic E-state index is 12.3. The number of piperidine rings is 1. The minimum absolute atomic E-state index is 0.0179. The van der Waals surface area contributed by atoms with E-state index in [-0.39, 0.29) is 29.6 Å². The van der Waals surface area contributed by atoms with Crippen LogP contribution >= 0.6 is 11.5 Å². The molecule has 1 saturated heterocycles. The summed E-state index contributed by atoms with van der Waals surface area (Å²) in [6, 6.07) is 0.0179. The number of anilines is 2. The van der Waals surface area contributed by atoms with E-state index in [1.165, 1.54) is 11.5 Å². The SMILES string of the molecule is CC(C)NC(=O)c1c(N)nsc1N1CCCC(C(N)=O)C1. The molecule has 2 heterocycles. The van der Waals surface area contributed by atoms with Crippen LogP contribution in [-0.4, -0.2) is 35.3 Å². The van der Waals surface area contributed by atoms with E-state index < -0.39 is 0 Å². The van der Waals surface area contributed by atoms with Gasteiger partial charge in [0.15, 0.2) is 5.82 Å². The number of rotatable bonds is 4. The molecular formula is C13H21N5O2S. The summed E-state index contributed by atoms with van der Waals surface area (Å²) < 4.78 is 4.09. The molecule has 5 N–H and O–H groups in total. The van der Waals surface area contributed by atoms with Crippen molar-refractivity contribution in [2.45, 2.75) is 32.7 Å². The minimum Gasteiger partial charge on any atom is -0.382 e. The van der Waals surface area contributed by atoms with Crippen molar-refractivity contribution in [1.82, 2.24) is 9.69 Å². The fourth-order valence-electron chi connectivity index (χ4n) is 2.45. The third kappa shape index (κ3) is 3.44. The molecule has 1 fully saturated rings. The van der Waals surface area contributed by atoms with E-state index in [0.717, 1.165) is 24.4 Å². The highest BCUT2D eigenvalue weighted by Gasteiger charge is 2.29. The van der Waals surface area contributed by atoms with Gasteiger partial charge in [0.1, 0.15) is 10.6 Å². The van der Waals surface area contributed by atoms with E-state index in [1.807, 2.05) is 18.7 Å². The van der Waals surface area contributed by atoms with Crippen molar-refractivity contribution in [3.05, 3.63) is 5.56 Å². The van der Waals surface area contributed by atoms with Crippen molar-refractivity contribution in [1.29, 1.82) is 0 Å². The predicted molar refractivity (Wildman–Crippen MR) is 83.3 cm³/mol. The molecule has 2 rings (SSSR count). The molecule has 2 amide bonds. The molecule has 0 spiro atoms. The molecule has 0 bridgehead atoms. The summed E-state index contributed by atoms with van der Waals surface area (Å²) in [5, 5.41) is 3.55. The lowest BCUT2D eigenvalue weighted by molar-refractivity contribution is -0.122. The summed E-state index contributed by atoms with van der Waals surface area (Å²) in [7, 11) is 0. The van der Waals surface area contributed by atoms with Crippen LogP contribution < -0.4 is 21.7 Å². The van der Waals surface area contributed by atoms with Gasteiger partial charge in [-0.2, -0.15) is 4.37 Å². The number of carbonyl (C=O) groups is 2. The Bertz CT molecular complexity index is 543. The highest BCUT2D eigenvalue weighted by molar-refractivity contribution is 7.11. The van der Waals surface area contributed by atoms with Crippen LogP contribution in [0.3, 0.4) is 0 Å². The number of aromatic nitrogens is 1. The fraction of sp³-hybridized carbons (Fsp3) is 0.615. The quantitative estimate of drug-likeness (QED) is 0.752. The maximum atomic E-state index is 12.3. The van der Waals surface area contributed by atoms with Crippen LogP contribution in [0, 0.1) is 5.92 Å². The normalized spacial score (nSPS) is 18.8. The van der Waals surface area contributed by atoms with Gasteiger partial charge in [0.2, 0.25) is 5.91 Å². The molecule has 8 heteroatoms. The van der Waals surface area contributed by atoms with Crippen molar-refractivity contribution in [3.8, 4) is 0 Å². The van der Waals surface area contributed by atoms with Gasteiger partial charge in [0.25, 0.3) is 5.91 Å². The van der Waals surface area contributed by atoms with Crippen molar-refractivity contribution >= 4 is 34.2 Å². The number of primary amides is 1. The largest absolute Gasteiger partial charge is 0.382 e.